The quantitative estimate of drug-likeness (QED) is 0.339. The summed E-state index contributed by atoms with van der Waals surface area (Å²) in [6.45, 7) is 20.1. The zero-order valence-electron chi connectivity index (χ0n) is 14.7. The molecule has 0 spiro atoms. The van der Waals surface area contributed by atoms with Crippen molar-refractivity contribution in [2.75, 3.05) is 0 Å². The molecule has 4 nitrogen and oxygen atoms in total. The van der Waals surface area contributed by atoms with Crippen LogP contribution in [0.15, 0.2) is 11.6 Å². The first-order valence-electron chi connectivity index (χ1n) is 6.95. The van der Waals surface area contributed by atoms with Crippen LogP contribution in [-0.4, -0.2) is 25.0 Å². The van der Waals surface area contributed by atoms with Gasteiger partial charge in [-0.2, -0.15) is 0 Å². The second-order valence-corrected chi connectivity index (χ2v) is 23.5. The maximum atomic E-state index is 13.3. The zero-order valence-corrected chi connectivity index (χ0v) is 18.6. The third kappa shape index (κ3) is 8.59. The van der Waals surface area contributed by atoms with E-state index in [1.807, 2.05) is 46.2 Å². The molecule has 0 N–H and O–H groups in total. The van der Waals surface area contributed by atoms with Crippen molar-refractivity contribution in [3.8, 4) is 0 Å². The van der Waals surface area contributed by atoms with E-state index in [4.69, 9.17) is 12.9 Å². The molecule has 8 heteroatoms. The van der Waals surface area contributed by atoms with Crippen molar-refractivity contribution in [3.63, 3.8) is 0 Å². The summed E-state index contributed by atoms with van der Waals surface area (Å²) in [5.41, 5.74) is 0.390. The number of allylic oxidation sites excluding steroid dienone is 1. The summed E-state index contributed by atoms with van der Waals surface area (Å²) in [6, 6.07) is 0. The number of rotatable bonds is 7. The van der Waals surface area contributed by atoms with Crippen LogP contribution in [0.5, 0.6) is 0 Å². The van der Waals surface area contributed by atoms with Gasteiger partial charge in [0.2, 0.25) is 8.32 Å². The SMILES string of the molecule is C/C=C(\O[Si](C)(C)C)P(=O)(O[Si](C)(C)C)O[Si](C)(C)C. The molecule has 0 atom stereocenters. The van der Waals surface area contributed by atoms with Crippen LogP contribution in [0.1, 0.15) is 6.92 Å². The van der Waals surface area contributed by atoms with E-state index in [9.17, 15) is 4.57 Å². The molecule has 0 amide bonds. The molecule has 0 unspecified atom stereocenters. The van der Waals surface area contributed by atoms with Gasteiger partial charge in [0.15, 0.2) is 22.1 Å². The maximum absolute atomic E-state index is 13.3. The summed E-state index contributed by atoms with van der Waals surface area (Å²) in [7, 11) is -9.28. The average molecular weight is 355 g/mol. The lowest BCUT2D eigenvalue weighted by Crippen LogP contribution is -2.32. The van der Waals surface area contributed by atoms with E-state index in [2.05, 4.69) is 19.6 Å². The van der Waals surface area contributed by atoms with E-state index in [1.165, 1.54) is 0 Å². The molecule has 0 saturated carbocycles. The Kier molecular flexibility index (Phi) is 6.74. The van der Waals surface area contributed by atoms with Gasteiger partial charge in [0, 0.05) is 0 Å². The van der Waals surface area contributed by atoms with E-state index in [-0.39, 0.29) is 0 Å². The highest BCUT2D eigenvalue weighted by Crippen LogP contribution is 2.60. The van der Waals surface area contributed by atoms with E-state index >= 15 is 0 Å². The highest BCUT2D eigenvalue weighted by atomic mass is 31.2. The van der Waals surface area contributed by atoms with Crippen molar-refractivity contribution in [2.24, 2.45) is 0 Å². The Labute approximate surface area is 127 Å². The molecule has 0 heterocycles. The predicted molar refractivity (Wildman–Crippen MR) is 94.7 cm³/mol. The third-order valence-electron chi connectivity index (χ3n) is 1.72. The van der Waals surface area contributed by atoms with Crippen molar-refractivity contribution < 1.29 is 17.4 Å². The van der Waals surface area contributed by atoms with E-state index in [1.54, 1.807) is 6.08 Å². The Morgan fingerprint density at radius 1 is 0.800 bits per heavy atom. The Morgan fingerprint density at radius 2 is 1.15 bits per heavy atom. The minimum Gasteiger partial charge on any atom is -0.539 e. The minimum absolute atomic E-state index is 0.390. The summed E-state index contributed by atoms with van der Waals surface area (Å²) in [4.78, 5) is 0. The maximum Gasteiger partial charge on any atom is 0.374 e. The lowest BCUT2D eigenvalue weighted by atomic mass is 10.7. The lowest BCUT2D eigenvalue weighted by Gasteiger charge is -2.34. The van der Waals surface area contributed by atoms with Crippen LogP contribution < -0.4 is 0 Å². The summed E-state index contributed by atoms with van der Waals surface area (Å²) >= 11 is 0. The molecular weight excluding hydrogens is 323 g/mol. The fourth-order valence-electron chi connectivity index (χ4n) is 1.42. The zero-order chi connectivity index (χ0) is 16.4. The van der Waals surface area contributed by atoms with Gasteiger partial charge in [-0.05, 0) is 71.9 Å². The first-order chi connectivity index (χ1) is 8.58. The van der Waals surface area contributed by atoms with Crippen LogP contribution in [0.3, 0.4) is 0 Å². The van der Waals surface area contributed by atoms with Gasteiger partial charge in [0.05, 0.1) is 0 Å². The van der Waals surface area contributed by atoms with Gasteiger partial charge in [0.1, 0.15) is 0 Å². The van der Waals surface area contributed by atoms with Gasteiger partial charge >= 0.3 is 7.60 Å². The second kappa shape index (κ2) is 6.62. The van der Waals surface area contributed by atoms with Crippen molar-refractivity contribution in [3.05, 3.63) is 11.6 Å². The van der Waals surface area contributed by atoms with Gasteiger partial charge in [-0.25, -0.2) is 0 Å². The molecule has 0 saturated heterocycles. The fourth-order valence-corrected chi connectivity index (χ4v) is 10.7. The standard InChI is InChI=1S/C12H31O4PSi3/c1-11-12(14-18(2,3)4)17(13,15-19(5,6)7)16-20(8,9)10/h11H,1-10H3/b12-11+. The molecule has 0 aromatic carbocycles. The largest absolute Gasteiger partial charge is 0.539 e. The highest BCUT2D eigenvalue weighted by Gasteiger charge is 2.42. The van der Waals surface area contributed by atoms with Crippen LogP contribution in [0.2, 0.25) is 58.9 Å². The molecule has 120 valence electrons. The number of hydrogen-bond donors (Lipinski definition) is 0. The molecule has 0 radical (unpaired) electrons. The van der Waals surface area contributed by atoms with E-state index in [0.717, 1.165) is 0 Å². The van der Waals surface area contributed by atoms with Crippen molar-refractivity contribution in [1.82, 2.24) is 0 Å². The van der Waals surface area contributed by atoms with Gasteiger partial charge < -0.3 is 12.9 Å². The second-order valence-electron chi connectivity index (χ2n) is 7.75. The molecule has 20 heavy (non-hydrogen) atoms. The van der Waals surface area contributed by atoms with Gasteiger partial charge in [-0.3, -0.25) is 4.57 Å². The monoisotopic (exact) mass is 354 g/mol. The average Bonchev–Trinajstić information content (AvgIpc) is 2.05. The van der Waals surface area contributed by atoms with Gasteiger partial charge in [0.25, 0.3) is 0 Å². The summed E-state index contributed by atoms with van der Waals surface area (Å²) in [5.74, 6) is 0. The highest BCUT2D eigenvalue weighted by molar-refractivity contribution is 7.61. The van der Waals surface area contributed by atoms with Crippen LogP contribution >= 0.6 is 7.60 Å². The summed E-state index contributed by atoms with van der Waals surface area (Å²) in [5, 5.41) is 0. The molecule has 0 aliphatic carbocycles. The molecule has 0 fully saturated rings. The van der Waals surface area contributed by atoms with Crippen LogP contribution in [-0.2, 0) is 17.4 Å². The van der Waals surface area contributed by atoms with Gasteiger partial charge in [-0.15, -0.1) is 0 Å². The van der Waals surface area contributed by atoms with Crippen LogP contribution in [0.4, 0.5) is 0 Å². The first-order valence-corrected chi connectivity index (χ1v) is 18.7. The minimum atomic E-state index is -3.37. The predicted octanol–water partition coefficient (Wildman–Crippen LogP) is 5.60. The molecule has 0 aliphatic rings. The number of hydrogen-bond acceptors (Lipinski definition) is 4. The normalized spacial score (nSPS) is 15.4. The Balaban J connectivity index is 5.57. The van der Waals surface area contributed by atoms with Crippen molar-refractivity contribution in [2.45, 2.75) is 65.8 Å². The Morgan fingerprint density at radius 3 is 1.35 bits per heavy atom. The molecule has 0 bridgehead atoms. The van der Waals surface area contributed by atoms with Crippen molar-refractivity contribution >= 4 is 32.5 Å². The summed E-state index contributed by atoms with van der Waals surface area (Å²) in [6.07, 6.45) is 1.74. The molecule has 0 aromatic heterocycles. The van der Waals surface area contributed by atoms with Crippen molar-refractivity contribution in [1.29, 1.82) is 0 Å². The molecule has 0 rings (SSSR count). The first kappa shape index (κ1) is 20.3. The van der Waals surface area contributed by atoms with Crippen LogP contribution in [0, 0.1) is 0 Å². The smallest absolute Gasteiger partial charge is 0.374 e. The van der Waals surface area contributed by atoms with E-state index < -0.39 is 32.5 Å². The van der Waals surface area contributed by atoms with Crippen LogP contribution in [0.25, 0.3) is 0 Å². The third-order valence-corrected chi connectivity index (χ3v) is 9.91. The van der Waals surface area contributed by atoms with Gasteiger partial charge in [-0.1, -0.05) is 0 Å². The lowest BCUT2D eigenvalue weighted by molar-refractivity contribution is 0.350. The fraction of sp³-hybridized carbons (Fsp3) is 0.833. The Bertz CT molecular complexity index is 382. The Hall–Kier alpha value is 0.341. The topological polar surface area (TPSA) is 44.8 Å². The molecule has 0 aliphatic heterocycles. The molecule has 0 aromatic rings. The molecular formula is C12H31O4PSi3. The van der Waals surface area contributed by atoms with E-state index in [0.29, 0.717) is 5.50 Å². The summed E-state index contributed by atoms with van der Waals surface area (Å²) < 4.78 is 31.2.